The van der Waals surface area contributed by atoms with Crippen molar-refractivity contribution in [3.63, 3.8) is 0 Å². The molecule has 4 aliphatic carbocycles. The molecule has 7 heteroatoms. The molecule has 0 aliphatic heterocycles. The molecule has 1 heterocycles. The number of methoxy groups -OCH3 is 1. The van der Waals surface area contributed by atoms with Gasteiger partial charge in [0.1, 0.15) is 5.03 Å². The summed E-state index contributed by atoms with van der Waals surface area (Å²) in [6, 6.07) is 7.45. The van der Waals surface area contributed by atoms with Crippen LogP contribution in [0.2, 0.25) is 0 Å². The topological polar surface area (TPSA) is 73.2 Å². The molecule has 1 aromatic carbocycles. The molecule has 1 amide bonds. The summed E-state index contributed by atoms with van der Waals surface area (Å²) in [6.45, 7) is 2.13. The number of thioether (sulfide) groups is 1. The van der Waals surface area contributed by atoms with Crippen LogP contribution in [0.4, 0.5) is 0 Å². The van der Waals surface area contributed by atoms with Crippen LogP contribution < -0.4 is 5.32 Å². The Kier molecular flexibility index (Phi) is 6.01. The highest BCUT2D eigenvalue weighted by Crippen LogP contribution is 2.53. The van der Waals surface area contributed by atoms with Gasteiger partial charge in [-0.2, -0.15) is 5.10 Å². The smallest absolute Gasteiger partial charge is 0.337 e. The first-order valence-electron chi connectivity index (χ1n) is 11.8. The van der Waals surface area contributed by atoms with E-state index in [9.17, 15) is 9.59 Å². The number of aromatic nitrogens is 2. The highest BCUT2D eigenvalue weighted by atomic mass is 32.2. The van der Waals surface area contributed by atoms with E-state index in [0.717, 1.165) is 34.7 Å². The van der Waals surface area contributed by atoms with Crippen molar-refractivity contribution in [1.29, 1.82) is 0 Å². The Hall–Kier alpha value is -2.28. The van der Waals surface area contributed by atoms with Crippen molar-refractivity contribution in [2.24, 2.45) is 23.7 Å². The number of carbonyl (C=O) groups excluding carboxylic acids is 2. The minimum atomic E-state index is -0.367. The molecule has 6 rings (SSSR count). The zero-order valence-corrected chi connectivity index (χ0v) is 19.6. The lowest BCUT2D eigenvalue weighted by molar-refractivity contribution is -0.0120. The molecule has 0 unspecified atom stereocenters. The average molecular weight is 454 g/mol. The summed E-state index contributed by atoms with van der Waals surface area (Å²) >= 11 is 1.66. The first kappa shape index (κ1) is 21.6. The Balaban J connectivity index is 1.38. The number of nitrogens with zero attached hydrogens (tertiary/aromatic N) is 2. The average Bonchev–Trinajstić information content (AvgIpc) is 3.23. The van der Waals surface area contributed by atoms with Gasteiger partial charge in [-0.3, -0.25) is 4.79 Å². The van der Waals surface area contributed by atoms with Crippen LogP contribution in [-0.2, 0) is 4.74 Å². The van der Waals surface area contributed by atoms with E-state index in [0.29, 0.717) is 29.0 Å². The number of nitrogens with one attached hydrogen (secondary N) is 1. The van der Waals surface area contributed by atoms with Crippen molar-refractivity contribution in [3.8, 4) is 5.69 Å². The number of esters is 1. The summed E-state index contributed by atoms with van der Waals surface area (Å²) in [5.74, 6) is 3.59. The van der Waals surface area contributed by atoms with Gasteiger partial charge in [-0.15, -0.1) is 11.8 Å². The highest BCUT2D eigenvalue weighted by molar-refractivity contribution is 7.99. The van der Waals surface area contributed by atoms with E-state index in [1.807, 2.05) is 16.8 Å². The lowest BCUT2D eigenvalue weighted by Gasteiger charge is -2.54. The first-order chi connectivity index (χ1) is 15.6. The standard InChI is InChI=1S/C25H31N3O3S/c1-3-8-32-24-21(14-26-28(24)20-6-4-17(5-7-20)25(30)31-2)23(29)27-22-18-10-15-9-16(12-18)13-19(22)11-15/h4-7,14-16,18-19,22H,3,8-13H2,1-2H3,(H,27,29). The number of hydrogen-bond donors (Lipinski definition) is 1. The lowest BCUT2D eigenvalue weighted by atomic mass is 9.54. The highest BCUT2D eigenvalue weighted by Gasteiger charge is 2.48. The van der Waals surface area contributed by atoms with E-state index in [1.165, 1.54) is 39.2 Å². The minimum Gasteiger partial charge on any atom is -0.465 e. The van der Waals surface area contributed by atoms with Crippen LogP contribution in [0.3, 0.4) is 0 Å². The van der Waals surface area contributed by atoms with E-state index >= 15 is 0 Å². The maximum atomic E-state index is 13.4. The number of ether oxygens (including phenoxy) is 1. The maximum absolute atomic E-state index is 13.4. The maximum Gasteiger partial charge on any atom is 0.337 e. The summed E-state index contributed by atoms with van der Waals surface area (Å²) in [4.78, 5) is 25.2. The quantitative estimate of drug-likeness (QED) is 0.485. The van der Waals surface area contributed by atoms with Gasteiger partial charge in [-0.1, -0.05) is 6.92 Å². The molecule has 32 heavy (non-hydrogen) atoms. The second-order valence-corrected chi connectivity index (χ2v) is 10.7. The fourth-order valence-corrected chi connectivity index (χ4v) is 7.23. The number of amides is 1. The fourth-order valence-electron chi connectivity index (χ4n) is 6.26. The summed E-state index contributed by atoms with van der Waals surface area (Å²) in [7, 11) is 1.37. The van der Waals surface area contributed by atoms with Crippen LogP contribution >= 0.6 is 11.8 Å². The molecule has 4 aliphatic rings. The summed E-state index contributed by atoms with van der Waals surface area (Å²) in [5.41, 5.74) is 1.96. The molecule has 170 valence electrons. The van der Waals surface area contributed by atoms with Gasteiger partial charge >= 0.3 is 5.97 Å². The van der Waals surface area contributed by atoms with E-state index in [2.05, 4.69) is 17.3 Å². The van der Waals surface area contributed by atoms with E-state index in [4.69, 9.17) is 4.74 Å². The van der Waals surface area contributed by atoms with Crippen molar-refractivity contribution < 1.29 is 14.3 Å². The van der Waals surface area contributed by atoms with Crippen molar-refractivity contribution in [2.45, 2.75) is 56.5 Å². The van der Waals surface area contributed by atoms with Gasteiger partial charge < -0.3 is 10.1 Å². The third kappa shape index (κ3) is 3.96. The SMILES string of the molecule is CCCSc1c(C(=O)NC2C3CC4CC(C3)CC2C4)cnn1-c1ccc(C(=O)OC)cc1. The molecule has 1 N–H and O–H groups in total. The summed E-state index contributed by atoms with van der Waals surface area (Å²) in [6.07, 6.45) is 9.23. The molecule has 1 aromatic heterocycles. The van der Waals surface area contributed by atoms with Crippen molar-refractivity contribution in [3.05, 3.63) is 41.6 Å². The molecule has 4 saturated carbocycles. The third-order valence-corrected chi connectivity index (χ3v) is 8.75. The van der Waals surface area contributed by atoms with Crippen LogP contribution in [0.25, 0.3) is 5.69 Å². The van der Waals surface area contributed by atoms with Crippen LogP contribution in [0.5, 0.6) is 0 Å². The predicted molar refractivity (Wildman–Crippen MR) is 124 cm³/mol. The van der Waals surface area contributed by atoms with Crippen LogP contribution in [-0.4, -0.2) is 40.6 Å². The Morgan fingerprint density at radius 1 is 1.09 bits per heavy atom. The molecule has 4 fully saturated rings. The minimum absolute atomic E-state index is 0.00138. The Labute approximate surface area is 193 Å². The van der Waals surface area contributed by atoms with Gasteiger partial charge in [0, 0.05) is 6.04 Å². The fraction of sp³-hybridized carbons (Fsp3) is 0.560. The second kappa shape index (κ2) is 8.93. The van der Waals surface area contributed by atoms with Crippen molar-refractivity contribution in [2.75, 3.05) is 12.9 Å². The number of rotatable bonds is 7. The molecule has 0 spiro atoms. The van der Waals surface area contributed by atoms with Crippen molar-refractivity contribution in [1.82, 2.24) is 15.1 Å². The van der Waals surface area contributed by atoms with Crippen LogP contribution in [0.1, 0.15) is 66.2 Å². The van der Waals surface area contributed by atoms with E-state index in [1.54, 1.807) is 30.1 Å². The van der Waals surface area contributed by atoms with Gasteiger partial charge in [-0.25, -0.2) is 9.48 Å². The first-order valence-corrected chi connectivity index (χ1v) is 12.8. The van der Waals surface area contributed by atoms with Gasteiger partial charge in [-0.05, 0) is 92.2 Å². The normalized spacial score (nSPS) is 28.0. The van der Waals surface area contributed by atoms with E-state index < -0.39 is 0 Å². The predicted octanol–water partition coefficient (Wildman–Crippen LogP) is 4.72. The van der Waals surface area contributed by atoms with Gasteiger partial charge in [0.2, 0.25) is 0 Å². The molecule has 6 nitrogen and oxygen atoms in total. The van der Waals surface area contributed by atoms with Crippen LogP contribution in [0.15, 0.2) is 35.5 Å². The molecular weight excluding hydrogens is 422 g/mol. The third-order valence-electron chi connectivity index (χ3n) is 7.47. The Morgan fingerprint density at radius 2 is 1.75 bits per heavy atom. The number of benzene rings is 1. The Bertz CT molecular complexity index is 972. The monoisotopic (exact) mass is 453 g/mol. The van der Waals surface area contributed by atoms with Gasteiger partial charge in [0.15, 0.2) is 0 Å². The molecule has 4 bridgehead atoms. The number of hydrogen-bond acceptors (Lipinski definition) is 5. The second-order valence-electron chi connectivity index (χ2n) is 9.59. The summed E-state index contributed by atoms with van der Waals surface area (Å²) in [5, 5.41) is 8.84. The largest absolute Gasteiger partial charge is 0.465 e. The zero-order valence-electron chi connectivity index (χ0n) is 18.8. The molecule has 0 radical (unpaired) electrons. The van der Waals surface area contributed by atoms with E-state index in [-0.39, 0.29) is 11.9 Å². The van der Waals surface area contributed by atoms with Gasteiger partial charge in [0.25, 0.3) is 5.91 Å². The van der Waals surface area contributed by atoms with Gasteiger partial charge in [0.05, 0.1) is 30.1 Å². The van der Waals surface area contributed by atoms with Crippen LogP contribution in [0, 0.1) is 23.7 Å². The molecule has 0 atom stereocenters. The van der Waals surface area contributed by atoms with Crippen molar-refractivity contribution >= 4 is 23.6 Å². The lowest BCUT2D eigenvalue weighted by Crippen LogP contribution is -2.55. The summed E-state index contributed by atoms with van der Waals surface area (Å²) < 4.78 is 6.60. The molecule has 2 aromatic rings. The molecular formula is C25H31N3O3S. The Morgan fingerprint density at radius 3 is 2.34 bits per heavy atom. The molecule has 0 saturated heterocycles. The number of carbonyl (C=O) groups is 2. The zero-order chi connectivity index (χ0) is 22.2.